The molecule has 0 atom stereocenters. The Hall–Kier alpha value is -2.17. The summed E-state index contributed by atoms with van der Waals surface area (Å²) in [4.78, 5) is 24.4. The molecule has 2 aromatic rings. The van der Waals surface area contributed by atoms with E-state index in [0.29, 0.717) is 25.2 Å². The average Bonchev–Trinajstić information content (AvgIpc) is 3.44. The first-order valence-corrected chi connectivity index (χ1v) is 12.9. The summed E-state index contributed by atoms with van der Waals surface area (Å²) in [6, 6.07) is 4.98. The number of hydrogen-bond acceptors (Lipinski definition) is 7. The zero-order valence-corrected chi connectivity index (χ0v) is 19.7. The van der Waals surface area contributed by atoms with Crippen molar-refractivity contribution in [3.63, 3.8) is 0 Å². The number of sulfonamides is 1. The standard InChI is InChI=1S/C21H29N5O3S2/c1-23(2)31(28,29)17-6-7-19(24-9-3-4-10-24)18(16-17)20(27)25-11-5-12-26(14-13-25)21-22-8-15-30-21/h6-8,15-16H,3-5,9-14H2,1-2H3. The van der Waals surface area contributed by atoms with Gasteiger partial charge in [-0.15, -0.1) is 11.3 Å². The molecule has 1 aromatic heterocycles. The van der Waals surface area contributed by atoms with Gasteiger partial charge in [0, 0.05) is 70.6 Å². The van der Waals surface area contributed by atoms with Crippen molar-refractivity contribution in [2.45, 2.75) is 24.2 Å². The second-order valence-corrected chi connectivity index (χ2v) is 11.1. The first-order valence-electron chi connectivity index (χ1n) is 10.6. The molecular formula is C21H29N5O3S2. The molecule has 0 spiro atoms. The van der Waals surface area contributed by atoms with Crippen LogP contribution >= 0.6 is 11.3 Å². The molecule has 8 nitrogen and oxygen atoms in total. The van der Waals surface area contributed by atoms with Crippen molar-refractivity contribution in [2.75, 3.05) is 63.2 Å². The van der Waals surface area contributed by atoms with Gasteiger partial charge >= 0.3 is 0 Å². The van der Waals surface area contributed by atoms with Gasteiger partial charge in [-0.2, -0.15) is 0 Å². The van der Waals surface area contributed by atoms with Crippen LogP contribution in [0.3, 0.4) is 0 Å². The Morgan fingerprint density at radius 2 is 1.74 bits per heavy atom. The number of rotatable bonds is 5. The predicted molar refractivity (Wildman–Crippen MR) is 124 cm³/mol. The normalized spacial score (nSPS) is 18.0. The van der Waals surface area contributed by atoms with E-state index in [1.807, 2.05) is 10.3 Å². The van der Waals surface area contributed by atoms with Crippen LogP contribution in [0.15, 0.2) is 34.7 Å². The highest BCUT2D eigenvalue weighted by molar-refractivity contribution is 7.89. The van der Waals surface area contributed by atoms with Gasteiger partial charge in [0.25, 0.3) is 5.91 Å². The lowest BCUT2D eigenvalue weighted by Crippen LogP contribution is -2.36. The minimum atomic E-state index is -3.62. The van der Waals surface area contributed by atoms with E-state index in [2.05, 4.69) is 14.8 Å². The van der Waals surface area contributed by atoms with Crippen LogP contribution in [0.25, 0.3) is 0 Å². The van der Waals surface area contributed by atoms with Crippen molar-refractivity contribution in [3.05, 3.63) is 35.3 Å². The third-order valence-corrected chi connectivity index (χ3v) is 8.54. The fourth-order valence-corrected chi connectivity index (χ4v) is 5.77. The van der Waals surface area contributed by atoms with Gasteiger partial charge in [-0.3, -0.25) is 4.79 Å². The molecule has 0 radical (unpaired) electrons. The van der Waals surface area contributed by atoms with E-state index in [-0.39, 0.29) is 10.8 Å². The van der Waals surface area contributed by atoms with E-state index in [1.54, 1.807) is 35.7 Å². The number of hydrogen-bond donors (Lipinski definition) is 0. The minimum absolute atomic E-state index is 0.0984. The first-order chi connectivity index (χ1) is 14.9. The molecule has 1 amide bonds. The molecule has 2 aliphatic rings. The fourth-order valence-electron chi connectivity index (χ4n) is 4.15. The summed E-state index contributed by atoms with van der Waals surface area (Å²) in [6.07, 6.45) is 4.81. The fraction of sp³-hybridized carbons (Fsp3) is 0.524. The molecule has 0 saturated carbocycles. The monoisotopic (exact) mass is 463 g/mol. The van der Waals surface area contributed by atoms with E-state index in [9.17, 15) is 13.2 Å². The molecule has 4 rings (SSSR count). The summed E-state index contributed by atoms with van der Waals surface area (Å²) in [6.45, 7) is 4.57. The van der Waals surface area contributed by atoms with Gasteiger partial charge in [-0.25, -0.2) is 17.7 Å². The number of amides is 1. The van der Waals surface area contributed by atoms with Crippen LogP contribution in [0.4, 0.5) is 10.8 Å². The van der Waals surface area contributed by atoms with Gasteiger partial charge in [0.05, 0.1) is 10.5 Å². The molecular weight excluding hydrogens is 434 g/mol. The van der Waals surface area contributed by atoms with E-state index >= 15 is 0 Å². The van der Waals surface area contributed by atoms with Crippen LogP contribution in [-0.4, -0.2) is 81.9 Å². The van der Waals surface area contributed by atoms with Crippen molar-refractivity contribution in [1.29, 1.82) is 0 Å². The van der Waals surface area contributed by atoms with Crippen molar-refractivity contribution in [2.24, 2.45) is 0 Å². The third kappa shape index (κ3) is 4.56. The number of nitrogens with zero attached hydrogens (tertiary/aromatic N) is 5. The lowest BCUT2D eigenvalue weighted by molar-refractivity contribution is 0.0767. The Balaban J connectivity index is 1.63. The van der Waals surface area contributed by atoms with Crippen molar-refractivity contribution in [1.82, 2.24) is 14.2 Å². The first kappa shape index (κ1) is 22.0. The number of aromatic nitrogens is 1. The molecule has 31 heavy (non-hydrogen) atoms. The molecule has 1 aromatic carbocycles. The topological polar surface area (TPSA) is 77.1 Å². The van der Waals surface area contributed by atoms with Gasteiger partial charge in [-0.1, -0.05) is 0 Å². The third-order valence-electron chi connectivity index (χ3n) is 5.90. The summed E-state index contributed by atoms with van der Waals surface area (Å²) >= 11 is 1.60. The summed E-state index contributed by atoms with van der Waals surface area (Å²) in [7, 11) is -0.606. The van der Waals surface area contributed by atoms with Gasteiger partial charge in [0.15, 0.2) is 5.13 Å². The number of benzene rings is 1. The summed E-state index contributed by atoms with van der Waals surface area (Å²) in [5.74, 6) is -0.0984. The Bertz CT molecular complexity index is 1020. The Morgan fingerprint density at radius 1 is 1.00 bits per heavy atom. The lowest BCUT2D eigenvalue weighted by Gasteiger charge is -2.26. The maximum absolute atomic E-state index is 13.6. The Kier molecular flexibility index (Phi) is 6.49. The maximum Gasteiger partial charge on any atom is 0.256 e. The minimum Gasteiger partial charge on any atom is -0.371 e. The van der Waals surface area contributed by atoms with Crippen LogP contribution in [-0.2, 0) is 10.0 Å². The second-order valence-electron chi connectivity index (χ2n) is 8.11. The molecule has 3 heterocycles. The number of carbonyl (C=O) groups is 1. The molecule has 0 unspecified atom stereocenters. The zero-order valence-electron chi connectivity index (χ0n) is 18.0. The number of thiazole rings is 1. The van der Waals surface area contributed by atoms with Crippen LogP contribution in [0.2, 0.25) is 0 Å². The quantitative estimate of drug-likeness (QED) is 0.678. The molecule has 2 saturated heterocycles. The molecule has 10 heteroatoms. The van der Waals surface area contributed by atoms with Gasteiger partial charge in [-0.05, 0) is 37.5 Å². The van der Waals surface area contributed by atoms with Crippen molar-refractivity contribution in [3.8, 4) is 0 Å². The van der Waals surface area contributed by atoms with Crippen LogP contribution in [0.1, 0.15) is 29.6 Å². The van der Waals surface area contributed by atoms with Crippen LogP contribution < -0.4 is 9.80 Å². The smallest absolute Gasteiger partial charge is 0.256 e. The highest BCUT2D eigenvalue weighted by atomic mass is 32.2. The molecule has 2 aliphatic heterocycles. The Labute approximate surface area is 188 Å². The highest BCUT2D eigenvalue weighted by Gasteiger charge is 2.28. The van der Waals surface area contributed by atoms with Crippen molar-refractivity contribution < 1.29 is 13.2 Å². The van der Waals surface area contributed by atoms with Crippen molar-refractivity contribution >= 4 is 38.1 Å². The zero-order chi connectivity index (χ0) is 22.0. The summed E-state index contributed by atoms with van der Waals surface area (Å²) in [5, 5.41) is 2.94. The number of carbonyl (C=O) groups excluding carboxylic acids is 1. The van der Waals surface area contributed by atoms with Crippen LogP contribution in [0, 0.1) is 0 Å². The molecule has 168 valence electrons. The van der Waals surface area contributed by atoms with Gasteiger partial charge in [0.1, 0.15) is 0 Å². The molecule has 0 aliphatic carbocycles. The SMILES string of the molecule is CN(C)S(=O)(=O)c1ccc(N2CCCC2)c(C(=O)N2CCCN(c3nccs3)CC2)c1. The van der Waals surface area contributed by atoms with E-state index in [4.69, 9.17) is 0 Å². The van der Waals surface area contributed by atoms with Crippen LogP contribution in [0.5, 0.6) is 0 Å². The van der Waals surface area contributed by atoms with Gasteiger partial charge < -0.3 is 14.7 Å². The highest BCUT2D eigenvalue weighted by Crippen LogP contribution is 2.30. The number of anilines is 2. The predicted octanol–water partition coefficient (Wildman–Crippen LogP) is 2.35. The lowest BCUT2D eigenvalue weighted by atomic mass is 10.1. The molecule has 0 bridgehead atoms. The summed E-state index contributed by atoms with van der Waals surface area (Å²) in [5.41, 5.74) is 1.31. The van der Waals surface area contributed by atoms with E-state index in [1.165, 1.54) is 18.4 Å². The second kappa shape index (κ2) is 9.13. The van der Waals surface area contributed by atoms with E-state index < -0.39 is 10.0 Å². The molecule has 2 fully saturated rings. The summed E-state index contributed by atoms with van der Waals surface area (Å²) < 4.78 is 26.6. The largest absolute Gasteiger partial charge is 0.371 e. The Morgan fingerprint density at radius 3 is 2.42 bits per heavy atom. The molecule has 0 N–H and O–H groups in total. The average molecular weight is 464 g/mol. The van der Waals surface area contributed by atoms with Gasteiger partial charge in [0.2, 0.25) is 10.0 Å². The maximum atomic E-state index is 13.6. The van der Waals surface area contributed by atoms with E-state index in [0.717, 1.165) is 49.7 Å².